The predicted molar refractivity (Wildman–Crippen MR) is 127 cm³/mol. The second kappa shape index (κ2) is 10.4. The summed E-state index contributed by atoms with van der Waals surface area (Å²) in [7, 11) is -3.73. The summed E-state index contributed by atoms with van der Waals surface area (Å²) < 4.78 is 38.5. The number of hydrogen-bond acceptors (Lipinski definition) is 7. The third kappa shape index (κ3) is 5.32. The van der Waals surface area contributed by atoms with E-state index in [0.29, 0.717) is 18.9 Å². The molecule has 11 heteroatoms. The van der Waals surface area contributed by atoms with Gasteiger partial charge in [0, 0.05) is 26.2 Å². The van der Waals surface area contributed by atoms with Crippen LogP contribution >= 0.6 is 0 Å². The number of carbonyl (C=O) groups excluding carboxylic acids is 2. The molecular formula is C23H28N4O6S. The minimum absolute atomic E-state index is 0.104. The van der Waals surface area contributed by atoms with Gasteiger partial charge >= 0.3 is 0 Å². The van der Waals surface area contributed by atoms with Gasteiger partial charge in [-0.05, 0) is 43.2 Å². The molecule has 0 aliphatic carbocycles. The molecule has 0 bridgehead atoms. The average Bonchev–Trinajstić information content (AvgIpc) is 3.38. The molecule has 2 saturated heterocycles. The molecule has 0 radical (unpaired) electrons. The van der Waals surface area contributed by atoms with Crippen LogP contribution in [0.2, 0.25) is 0 Å². The lowest BCUT2D eigenvalue weighted by molar-refractivity contribution is -0.118. The van der Waals surface area contributed by atoms with Gasteiger partial charge in [0.25, 0.3) is 11.8 Å². The van der Waals surface area contributed by atoms with Gasteiger partial charge in [0.05, 0.1) is 35.0 Å². The minimum Gasteiger partial charge on any atom is -0.483 e. The summed E-state index contributed by atoms with van der Waals surface area (Å²) in [6, 6.07) is 11.2. The fourth-order valence-electron chi connectivity index (χ4n) is 4.07. The van der Waals surface area contributed by atoms with Crippen molar-refractivity contribution in [2.75, 3.05) is 56.2 Å². The molecule has 2 amide bonds. The first kappa shape index (κ1) is 24.0. The van der Waals surface area contributed by atoms with Crippen molar-refractivity contribution in [2.45, 2.75) is 17.7 Å². The van der Waals surface area contributed by atoms with Crippen molar-refractivity contribution in [2.24, 2.45) is 5.73 Å². The zero-order valence-electron chi connectivity index (χ0n) is 18.7. The summed E-state index contributed by atoms with van der Waals surface area (Å²) >= 11 is 0. The van der Waals surface area contributed by atoms with E-state index in [0.717, 1.165) is 31.6 Å². The van der Waals surface area contributed by atoms with E-state index in [-0.39, 0.29) is 35.9 Å². The number of morpholine rings is 1. The van der Waals surface area contributed by atoms with E-state index >= 15 is 0 Å². The van der Waals surface area contributed by atoms with Crippen molar-refractivity contribution in [1.82, 2.24) is 4.31 Å². The standard InChI is InChI=1S/C23H28N4O6S/c24-23(29)18-5-1-2-6-21(18)33-16-22(28)25-19-15-17(7-8-20(19)26-9-3-4-10-26)34(30,31)27-11-13-32-14-12-27/h1-2,5-8,15H,3-4,9-14,16H2,(H2,24,29)(H,25,28). The molecule has 2 aliphatic heterocycles. The summed E-state index contributed by atoms with van der Waals surface area (Å²) in [5.41, 5.74) is 6.68. The number of amides is 2. The van der Waals surface area contributed by atoms with E-state index in [2.05, 4.69) is 10.2 Å². The second-order valence-electron chi connectivity index (χ2n) is 8.09. The van der Waals surface area contributed by atoms with Gasteiger partial charge in [-0.15, -0.1) is 0 Å². The number of hydrogen-bond donors (Lipinski definition) is 2. The van der Waals surface area contributed by atoms with Gasteiger partial charge in [0.1, 0.15) is 5.75 Å². The molecule has 0 saturated carbocycles. The summed E-state index contributed by atoms with van der Waals surface area (Å²) in [4.78, 5) is 26.5. The number of carbonyl (C=O) groups is 2. The van der Waals surface area contributed by atoms with E-state index in [1.54, 1.807) is 30.3 Å². The fraction of sp³-hybridized carbons (Fsp3) is 0.391. The lowest BCUT2D eigenvalue weighted by Crippen LogP contribution is -2.40. The van der Waals surface area contributed by atoms with E-state index in [1.807, 2.05) is 0 Å². The number of nitrogens with two attached hydrogens (primary N) is 1. The average molecular weight is 489 g/mol. The number of anilines is 2. The Hall–Kier alpha value is -3.15. The first-order valence-electron chi connectivity index (χ1n) is 11.1. The van der Waals surface area contributed by atoms with E-state index < -0.39 is 21.8 Å². The number of nitrogens with one attached hydrogen (secondary N) is 1. The van der Waals surface area contributed by atoms with Gasteiger partial charge in [0.2, 0.25) is 10.0 Å². The Balaban J connectivity index is 1.55. The SMILES string of the molecule is NC(=O)c1ccccc1OCC(=O)Nc1cc(S(=O)(=O)N2CCOCC2)ccc1N1CCCC1. The Morgan fingerprint density at radius 2 is 1.74 bits per heavy atom. The van der Waals surface area contributed by atoms with Crippen molar-refractivity contribution >= 4 is 33.2 Å². The molecule has 2 aromatic rings. The van der Waals surface area contributed by atoms with Crippen LogP contribution in [0.15, 0.2) is 47.4 Å². The fourth-order valence-corrected chi connectivity index (χ4v) is 5.51. The van der Waals surface area contributed by atoms with Crippen LogP contribution in [0.4, 0.5) is 11.4 Å². The Morgan fingerprint density at radius 3 is 2.44 bits per heavy atom. The smallest absolute Gasteiger partial charge is 0.262 e. The van der Waals surface area contributed by atoms with Crippen molar-refractivity contribution in [1.29, 1.82) is 0 Å². The Labute approximate surface area is 198 Å². The number of sulfonamides is 1. The second-order valence-corrected chi connectivity index (χ2v) is 10.0. The number of para-hydroxylation sites is 1. The highest BCUT2D eigenvalue weighted by Crippen LogP contribution is 2.32. The molecule has 2 aromatic carbocycles. The molecule has 10 nitrogen and oxygen atoms in total. The monoisotopic (exact) mass is 488 g/mol. The highest BCUT2D eigenvalue weighted by Gasteiger charge is 2.28. The van der Waals surface area contributed by atoms with E-state index in [4.69, 9.17) is 15.2 Å². The van der Waals surface area contributed by atoms with Gasteiger partial charge in [-0.25, -0.2) is 8.42 Å². The molecule has 0 aromatic heterocycles. The van der Waals surface area contributed by atoms with Crippen molar-refractivity contribution < 1.29 is 27.5 Å². The summed E-state index contributed by atoms with van der Waals surface area (Å²) in [6.07, 6.45) is 2.04. The number of nitrogens with zero attached hydrogens (tertiary/aromatic N) is 2. The van der Waals surface area contributed by atoms with Crippen LogP contribution in [-0.2, 0) is 19.6 Å². The molecule has 2 aliphatic rings. The number of benzene rings is 2. The summed E-state index contributed by atoms with van der Waals surface area (Å²) in [6.45, 7) is 2.53. The zero-order chi connectivity index (χ0) is 24.1. The van der Waals surface area contributed by atoms with Gasteiger partial charge < -0.3 is 25.4 Å². The third-order valence-corrected chi connectivity index (χ3v) is 7.70. The Bertz CT molecular complexity index is 1160. The lowest BCUT2D eigenvalue weighted by atomic mass is 10.2. The van der Waals surface area contributed by atoms with Crippen LogP contribution in [0.1, 0.15) is 23.2 Å². The van der Waals surface area contributed by atoms with Gasteiger partial charge in [-0.1, -0.05) is 12.1 Å². The molecule has 182 valence electrons. The van der Waals surface area contributed by atoms with Crippen molar-refractivity contribution in [3.05, 3.63) is 48.0 Å². The van der Waals surface area contributed by atoms with Crippen LogP contribution < -0.4 is 20.7 Å². The van der Waals surface area contributed by atoms with E-state index in [9.17, 15) is 18.0 Å². The van der Waals surface area contributed by atoms with Crippen LogP contribution in [-0.4, -0.2) is 70.5 Å². The van der Waals surface area contributed by atoms with Crippen LogP contribution in [0.25, 0.3) is 0 Å². The van der Waals surface area contributed by atoms with Crippen molar-refractivity contribution in [3.63, 3.8) is 0 Å². The molecule has 2 fully saturated rings. The quantitative estimate of drug-likeness (QED) is 0.575. The molecule has 0 atom stereocenters. The normalized spacial score (nSPS) is 16.9. The summed E-state index contributed by atoms with van der Waals surface area (Å²) in [5.74, 6) is -0.942. The highest BCUT2D eigenvalue weighted by molar-refractivity contribution is 7.89. The lowest BCUT2D eigenvalue weighted by Gasteiger charge is -2.27. The molecule has 0 spiro atoms. The summed E-state index contributed by atoms with van der Waals surface area (Å²) in [5, 5.41) is 2.79. The maximum Gasteiger partial charge on any atom is 0.262 e. The molecule has 4 rings (SSSR count). The third-order valence-electron chi connectivity index (χ3n) is 5.81. The Kier molecular flexibility index (Phi) is 7.35. The van der Waals surface area contributed by atoms with Crippen molar-refractivity contribution in [3.8, 4) is 5.75 Å². The first-order valence-corrected chi connectivity index (χ1v) is 12.6. The topological polar surface area (TPSA) is 131 Å². The Morgan fingerprint density at radius 1 is 1.03 bits per heavy atom. The molecule has 2 heterocycles. The molecular weight excluding hydrogens is 460 g/mol. The number of primary amides is 1. The van der Waals surface area contributed by atoms with E-state index in [1.165, 1.54) is 16.4 Å². The maximum absolute atomic E-state index is 13.1. The highest BCUT2D eigenvalue weighted by atomic mass is 32.2. The molecule has 3 N–H and O–H groups in total. The van der Waals surface area contributed by atoms with Gasteiger partial charge in [0.15, 0.2) is 6.61 Å². The van der Waals surface area contributed by atoms with Crippen LogP contribution in [0, 0.1) is 0 Å². The van der Waals surface area contributed by atoms with Gasteiger partial charge in [-0.2, -0.15) is 4.31 Å². The molecule has 0 unspecified atom stereocenters. The largest absolute Gasteiger partial charge is 0.483 e. The van der Waals surface area contributed by atoms with Crippen LogP contribution in [0.5, 0.6) is 5.75 Å². The molecule has 34 heavy (non-hydrogen) atoms. The predicted octanol–water partition coefficient (Wildman–Crippen LogP) is 1.42. The minimum atomic E-state index is -3.73. The first-order chi connectivity index (χ1) is 16.4. The number of rotatable bonds is 8. The number of ether oxygens (including phenoxy) is 2. The maximum atomic E-state index is 13.1. The zero-order valence-corrected chi connectivity index (χ0v) is 19.6. The van der Waals surface area contributed by atoms with Gasteiger partial charge in [-0.3, -0.25) is 9.59 Å². The van der Waals surface area contributed by atoms with Crippen LogP contribution in [0.3, 0.4) is 0 Å².